The zero-order valence-electron chi connectivity index (χ0n) is 13.3. The van der Waals surface area contributed by atoms with E-state index in [1.165, 1.54) is 0 Å². The van der Waals surface area contributed by atoms with Crippen LogP contribution in [0.2, 0.25) is 0 Å². The van der Waals surface area contributed by atoms with Crippen molar-refractivity contribution in [3.8, 4) is 11.5 Å². The van der Waals surface area contributed by atoms with Gasteiger partial charge < -0.3 is 19.3 Å². The summed E-state index contributed by atoms with van der Waals surface area (Å²) in [4.78, 5) is 16.8. The number of carbonyl (C=O) groups is 1. The van der Waals surface area contributed by atoms with Gasteiger partial charge >= 0.3 is 0 Å². The molecule has 1 amide bonds. The van der Waals surface area contributed by atoms with Crippen molar-refractivity contribution < 1.29 is 14.3 Å². The number of amides is 1. The van der Waals surface area contributed by atoms with Crippen LogP contribution in [0.15, 0.2) is 18.2 Å². The molecule has 1 aromatic carbocycles. The highest BCUT2D eigenvalue weighted by molar-refractivity contribution is 5.95. The van der Waals surface area contributed by atoms with Crippen LogP contribution in [0.4, 0.5) is 0 Å². The Morgan fingerprint density at radius 1 is 1.19 bits per heavy atom. The van der Waals surface area contributed by atoms with Gasteiger partial charge in [-0.1, -0.05) is 0 Å². The third kappa shape index (κ3) is 3.47. The van der Waals surface area contributed by atoms with Crippen molar-refractivity contribution in [3.05, 3.63) is 23.8 Å². The molecular formula is C16H24N2O3. The van der Waals surface area contributed by atoms with Gasteiger partial charge in [-0.05, 0) is 51.2 Å². The van der Waals surface area contributed by atoms with Crippen LogP contribution in [-0.2, 0) is 0 Å². The lowest BCUT2D eigenvalue weighted by Gasteiger charge is -2.35. The van der Waals surface area contributed by atoms with E-state index in [2.05, 4.69) is 11.9 Å². The van der Waals surface area contributed by atoms with Gasteiger partial charge in [0.1, 0.15) is 0 Å². The zero-order valence-corrected chi connectivity index (χ0v) is 13.3. The Kier molecular flexibility index (Phi) is 5.07. The highest BCUT2D eigenvalue weighted by Crippen LogP contribution is 2.28. The minimum absolute atomic E-state index is 0.0329. The molecule has 5 heteroatoms. The normalized spacial score (nSPS) is 16.6. The number of hydrogen-bond donors (Lipinski definition) is 0. The molecule has 1 fully saturated rings. The molecule has 1 aliphatic heterocycles. The molecule has 0 radical (unpaired) electrons. The van der Waals surface area contributed by atoms with E-state index in [0.717, 1.165) is 25.9 Å². The maximum Gasteiger partial charge on any atom is 0.253 e. The molecule has 1 aliphatic rings. The fourth-order valence-corrected chi connectivity index (χ4v) is 2.72. The summed E-state index contributed by atoms with van der Waals surface area (Å²) < 4.78 is 10.5. The molecule has 0 unspecified atom stereocenters. The molecule has 1 aromatic rings. The first-order valence-corrected chi connectivity index (χ1v) is 7.24. The molecule has 0 aromatic heterocycles. The first kappa shape index (κ1) is 15.6. The molecule has 21 heavy (non-hydrogen) atoms. The third-order valence-corrected chi connectivity index (χ3v) is 4.19. The molecule has 0 saturated carbocycles. The number of benzene rings is 1. The van der Waals surface area contributed by atoms with Crippen molar-refractivity contribution in [1.82, 2.24) is 9.80 Å². The van der Waals surface area contributed by atoms with Gasteiger partial charge in [-0.2, -0.15) is 0 Å². The maximum absolute atomic E-state index is 12.6. The molecule has 116 valence electrons. The van der Waals surface area contributed by atoms with Gasteiger partial charge in [0.05, 0.1) is 14.2 Å². The number of methoxy groups -OCH3 is 2. The monoisotopic (exact) mass is 292 g/mol. The van der Waals surface area contributed by atoms with Gasteiger partial charge in [0.15, 0.2) is 11.5 Å². The summed E-state index contributed by atoms with van der Waals surface area (Å²) >= 11 is 0. The average molecular weight is 292 g/mol. The Labute approximate surface area is 126 Å². The summed E-state index contributed by atoms with van der Waals surface area (Å²) in [6.45, 7) is 2.07. The molecule has 1 heterocycles. The Hall–Kier alpha value is -1.75. The van der Waals surface area contributed by atoms with Crippen molar-refractivity contribution in [2.45, 2.75) is 18.9 Å². The summed E-state index contributed by atoms with van der Waals surface area (Å²) in [5, 5.41) is 0. The van der Waals surface area contributed by atoms with E-state index in [-0.39, 0.29) is 5.91 Å². The Morgan fingerprint density at radius 2 is 1.81 bits per heavy atom. The summed E-state index contributed by atoms with van der Waals surface area (Å²) in [5.74, 6) is 1.25. The molecular weight excluding hydrogens is 268 g/mol. The van der Waals surface area contributed by atoms with Crippen molar-refractivity contribution >= 4 is 5.91 Å². The van der Waals surface area contributed by atoms with E-state index in [4.69, 9.17) is 9.47 Å². The average Bonchev–Trinajstić information content (AvgIpc) is 2.53. The highest BCUT2D eigenvalue weighted by atomic mass is 16.5. The van der Waals surface area contributed by atoms with E-state index >= 15 is 0 Å². The Balaban J connectivity index is 2.12. The fraction of sp³-hybridized carbons (Fsp3) is 0.562. The molecule has 0 bridgehead atoms. The summed E-state index contributed by atoms with van der Waals surface area (Å²) in [7, 11) is 7.16. The van der Waals surface area contributed by atoms with E-state index in [1.807, 2.05) is 11.9 Å². The standard InChI is InChI=1S/C16H24N2O3/c1-17-9-7-13(8-10-17)18(2)16(19)12-5-6-14(20-3)15(11-12)21-4/h5-6,11,13H,7-10H2,1-4H3. The van der Waals surface area contributed by atoms with Crippen LogP contribution in [0.25, 0.3) is 0 Å². The van der Waals surface area contributed by atoms with Gasteiger partial charge in [-0.3, -0.25) is 4.79 Å². The fourth-order valence-electron chi connectivity index (χ4n) is 2.72. The van der Waals surface area contributed by atoms with E-state index in [9.17, 15) is 4.79 Å². The summed E-state index contributed by atoms with van der Waals surface area (Å²) in [5.41, 5.74) is 0.633. The lowest BCUT2D eigenvalue weighted by molar-refractivity contribution is 0.0659. The second-order valence-corrected chi connectivity index (χ2v) is 5.52. The minimum Gasteiger partial charge on any atom is -0.493 e. The zero-order chi connectivity index (χ0) is 15.4. The minimum atomic E-state index is 0.0329. The lowest BCUT2D eigenvalue weighted by atomic mass is 10.0. The molecule has 0 atom stereocenters. The Bertz CT molecular complexity index is 496. The first-order valence-electron chi connectivity index (χ1n) is 7.24. The molecule has 0 spiro atoms. The molecule has 0 aliphatic carbocycles. The number of piperidine rings is 1. The molecule has 2 rings (SSSR count). The maximum atomic E-state index is 12.6. The Morgan fingerprint density at radius 3 is 2.38 bits per heavy atom. The summed E-state index contributed by atoms with van der Waals surface area (Å²) in [6, 6.07) is 5.61. The van der Waals surface area contributed by atoms with Crippen LogP contribution in [0.3, 0.4) is 0 Å². The largest absolute Gasteiger partial charge is 0.493 e. The van der Waals surface area contributed by atoms with Gasteiger partial charge in [0.2, 0.25) is 0 Å². The SMILES string of the molecule is COc1ccc(C(=O)N(C)C2CCN(C)CC2)cc1OC. The number of hydrogen-bond acceptors (Lipinski definition) is 4. The number of ether oxygens (including phenoxy) is 2. The second-order valence-electron chi connectivity index (χ2n) is 5.52. The van der Waals surface area contributed by atoms with Crippen molar-refractivity contribution in [2.24, 2.45) is 0 Å². The van der Waals surface area contributed by atoms with Crippen molar-refractivity contribution in [1.29, 1.82) is 0 Å². The third-order valence-electron chi connectivity index (χ3n) is 4.19. The van der Waals surface area contributed by atoms with Crippen molar-refractivity contribution in [3.63, 3.8) is 0 Å². The van der Waals surface area contributed by atoms with Crippen LogP contribution in [0.1, 0.15) is 23.2 Å². The van der Waals surface area contributed by atoms with Crippen LogP contribution in [-0.4, -0.2) is 63.2 Å². The quantitative estimate of drug-likeness (QED) is 0.849. The molecule has 0 N–H and O–H groups in total. The van der Waals surface area contributed by atoms with Gasteiger partial charge in [-0.15, -0.1) is 0 Å². The lowest BCUT2D eigenvalue weighted by Crippen LogP contribution is -2.44. The first-order chi connectivity index (χ1) is 10.1. The summed E-state index contributed by atoms with van der Waals surface area (Å²) in [6.07, 6.45) is 2.04. The van der Waals surface area contributed by atoms with Crippen LogP contribution in [0.5, 0.6) is 11.5 Å². The highest BCUT2D eigenvalue weighted by Gasteiger charge is 2.25. The number of nitrogens with zero attached hydrogens (tertiary/aromatic N) is 2. The molecule has 5 nitrogen and oxygen atoms in total. The number of carbonyl (C=O) groups excluding carboxylic acids is 1. The van der Waals surface area contributed by atoms with E-state index in [1.54, 1.807) is 32.4 Å². The van der Waals surface area contributed by atoms with Crippen LogP contribution < -0.4 is 9.47 Å². The van der Waals surface area contributed by atoms with Crippen LogP contribution >= 0.6 is 0 Å². The smallest absolute Gasteiger partial charge is 0.253 e. The van der Waals surface area contributed by atoms with Gasteiger partial charge in [0.25, 0.3) is 5.91 Å². The van der Waals surface area contributed by atoms with Gasteiger partial charge in [-0.25, -0.2) is 0 Å². The predicted molar refractivity (Wildman–Crippen MR) is 82.2 cm³/mol. The van der Waals surface area contributed by atoms with E-state index in [0.29, 0.717) is 23.1 Å². The topological polar surface area (TPSA) is 42.0 Å². The predicted octanol–water partition coefficient (Wildman–Crippen LogP) is 1.87. The number of likely N-dealkylation sites (tertiary alicyclic amines) is 1. The number of rotatable bonds is 4. The van der Waals surface area contributed by atoms with Crippen molar-refractivity contribution in [2.75, 3.05) is 41.4 Å². The van der Waals surface area contributed by atoms with E-state index < -0.39 is 0 Å². The molecule has 1 saturated heterocycles. The van der Waals surface area contributed by atoms with Gasteiger partial charge in [0, 0.05) is 18.7 Å². The second kappa shape index (κ2) is 6.80. The van der Waals surface area contributed by atoms with Crippen LogP contribution in [0, 0.1) is 0 Å².